The third-order valence-electron chi connectivity index (χ3n) is 4.36. The van der Waals surface area contributed by atoms with E-state index in [0.29, 0.717) is 10.7 Å². The molecule has 3 heterocycles. The van der Waals surface area contributed by atoms with Crippen molar-refractivity contribution in [3.63, 3.8) is 0 Å². The van der Waals surface area contributed by atoms with Crippen molar-refractivity contribution in [3.8, 4) is 0 Å². The van der Waals surface area contributed by atoms with E-state index in [9.17, 15) is 19.5 Å². The van der Waals surface area contributed by atoms with E-state index in [0.717, 1.165) is 27.1 Å². The number of aromatic nitrogens is 2. The number of nitrogens with zero attached hydrogens (tertiary/aromatic N) is 3. The minimum Gasteiger partial charge on any atom is -0.548 e. The van der Waals surface area contributed by atoms with Gasteiger partial charge in [0.15, 0.2) is 0 Å². The number of thioether (sulfide) groups is 1. The van der Waals surface area contributed by atoms with Crippen LogP contribution in [-0.2, 0) is 9.59 Å². The van der Waals surface area contributed by atoms with Gasteiger partial charge in [-0.15, -0.1) is 0 Å². The van der Waals surface area contributed by atoms with E-state index in [4.69, 9.17) is 12.2 Å². The Kier molecular flexibility index (Phi) is 5.94. The number of rotatable bonds is 5. The lowest BCUT2D eigenvalue weighted by Crippen LogP contribution is -2.40. The number of carbonyl (C=O) groups is 2. The first-order valence-electron chi connectivity index (χ1n) is 9.04. The number of thiocarbonyl (C=S) groups is 1. The predicted molar refractivity (Wildman–Crippen MR) is 122 cm³/mol. The fraction of sp³-hybridized carbons (Fsp3) is 0.0952. The maximum absolute atomic E-state index is 13.3. The molecule has 1 aliphatic heterocycles. The summed E-state index contributed by atoms with van der Waals surface area (Å²) in [6.45, 7) is 1.23. The maximum atomic E-state index is 13.3. The Labute approximate surface area is 190 Å². The van der Waals surface area contributed by atoms with E-state index in [1.54, 1.807) is 12.3 Å². The van der Waals surface area contributed by atoms with Gasteiger partial charge in [-0.25, -0.2) is 4.98 Å². The van der Waals surface area contributed by atoms with Gasteiger partial charge in [0, 0.05) is 11.1 Å². The Morgan fingerprint density at radius 1 is 1.23 bits per heavy atom. The second-order valence-electron chi connectivity index (χ2n) is 6.63. The molecule has 0 saturated carbocycles. The number of carbonyl (C=O) groups excluding carboxylic acids is 2. The third kappa shape index (κ3) is 4.41. The van der Waals surface area contributed by atoms with Crippen molar-refractivity contribution in [1.29, 1.82) is 0 Å². The van der Waals surface area contributed by atoms with Crippen molar-refractivity contribution in [2.24, 2.45) is 0 Å². The van der Waals surface area contributed by atoms with E-state index in [1.807, 2.05) is 43.3 Å². The average molecular weight is 469 g/mol. The molecule has 7 nitrogen and oxygen atoms in total. The zero-order valence-corrected chi connectivity index (χ0v) is 18.6. The maximum Gasteiger partial charge on any atom is 0.266 e. The second-order valence-corrected chi connectivity index (χ2v) is 9.36. The first kappa shape index (κ1) is 21.3. The highest BCUT2D eigenvalue weighted by molar-refractivity contribution is 8.26. The summed E-state index contributed by atoms with van der Waals surface area (Å²) in [5, 5.41) is 11.4. The molecule has 0 N–H and O–H groups in total. The van der Waals surface area contributed by atoms with Crippen molar-refractivity contribution in [3.05, 3.63) is 75.0 Å². The molecule has 0 radical (unpaired) electrons. The average Bonchev–Trinajstić information content (AvgIpc) is 2.99. The molecule has 1 amide bonds. The first-order chi connectivity index (χ1) is 14.8. The first-order valence-corrected chi connectivity index (χ1v) is 11.1. The molecule has 0 atom stereocenters. The van der Waals surface area contributed by atoms with Crippen LogP contribution in [0, 0.1) is 6.92 Å². The van der Waals surface area contributed by atoms with Crippen LogP contribution in [0.25, 0.3) is 11.7 Å². The lowest BCUT2D eigenvalue weighted by molar-refractivity contribution is -0.305. The molecule has 4 rings (SSSR count). The lowest BCUT2D eigenvalue weighted by Gasteiger charge is -2.14. The lowest BCUT2D eigenvalue weighted by atomic mass is 10.2. The van der Waals surface area contributed by atoms with Crippen LogP contribution in [0.3, 0.4) is 0 Å². The molecule has 1 aromatic carbocycles. The van der Waals surface area contributed by atoms with E-state index < -0.39 is 18.4 Å². The molecule has 31 heavy (non-hydrogen) atoms. The number of hydrogen-bond acceptors (Lipinski definition) is 8. The molecule has 0 bridgehead atoms. The van der Waals surface area contributed by atoms with E-state index >= 15 is 0 Å². The van der Waals surface area contributed by atoms with E-state index in [-0.39, 0.29) is 20.3 Å². The molecule has 0 aliphatic carbocycles. The van der Waals surface area contributed by atoms with Crippen molar-refractivity contribution in [2.45, 2.75) is 16.8 Å². The van der Waals surface area contributed by atoms with E-state index in [1.165, 1.54) is 22.2 Å². The summed E-state index contributed by atoms with van der Waals surface area (Å²) in [5.74, 6) is -2.00. The highest BCUT2D eigenvalue weighted by Gasteiger charge is 2.32. The van der Waals surface area contributed by atoms with E-state index in [2.05, 4.69) is 4.98 Å². The number of amides is 1. The Balaban J connectivity index is 1.86. The molecule has 156 valence electrons. The summed E-state index contributed by atoms with van der Waals surface area (Å²) in [6, 6.07) is 13.1. The number of carboxylic acids is 1. The second kappa shape index (κ2) is 8.66. The number of hydrogen-bond donors (Lipinski definition) is 0. The van der Waals surface area contributed by atoms with Gasteiger partial charge >= 0.3 is 0 Å². The van der Waals surface area contributed by atoms with Gasteiger partial charge in [0.2, 0.25) is 0 Å². The van der Waals surface area contributed by atoms with Gasteiger partial charge in [-0.2, -0.15) is 0 Å². The summed E-state index contributed by atoms with van der Waals surface area (Å²) in [6.07, 6.45) is 3.12. The Morgan fingerprint density at radius 3 is 2.68 bits per heavy atom. The molecule has 1 aliphatic rings. The third-order valence-corrected chi connectivity index (χ3v) is 6.75. The number of aryl methyl sites for hydroxylation is 1. The summed E-state index contributed by atoms with van der Waals surface area (Å²) < 4.78 is 1.53. The van der Waals surface area contributed by atoms with Crippen LogP contribution in [0.5, 0.6) is 0 Å². The monoisotopic (exact) mass is 468 g/mol. The number of carboxylic acid groups (broad SMARTS) is 1. The van der Waals surface area contributed by atoms with Gasteiger partial charge < -0.3 is 9.90 Å². The van der Waals surface area contributed by atoms with Gasteiger partial charge in [-0.1, -0.05) is 60.0 Å². The van der Waals surface area contributed by atoms with Crippen LogP contribution in [0.2, 0.25) is 0 Å². The van der Waals surface area contributed by atoms with Crippen LogP contribution >= 0.6 is 35.7 Å². The molecule has 2 aromatic heterocycles. The summed E-state index contributed by atoms with van der Waals surface area (Å²) in [7, 11) is 0. The molecule has 10 heteroatoms. The van der Waals surface area contributed by atoms with Crippen LogP contribution in [0.4, 0.5) is 0 Å². The highest BCUT2D eigenvalue weighted by Crippen LogP contribution is 2.34. The highest BCUT2D eigenvalue weighted by atomic mass is 32.2. The molecule has 0 unspecified atom stereocenters. The molecule has 1 saturated heterocycles. The van der Waals surface area contributed by atoms with Crippen LogP contribution < -0.4 is 10.7 Å². The SMILES string of the molecule is Cc1ccc2nc(Sc3ccccc3)c(C=C3SC(=S)N(CC(=O)[O-])C3=O)c(=O)n2c1. The van der Waals surface area contributed by atoms with Gasteiger partial charge in [-0.05, 0) is 36.8 Å². The van der Waals surface area contributed by atoms with Crippen LogP contribution in [-0.4, -0.2) is 37.0 Å². The normalized spacial score (nSPS) is 15.3. The summed E-state index contributed by atoms with van der Waals surface area (Å²) >= 11 is 7.37. The zero-order valence-electron chi connectivity index (χ0n) is 16.1. The largest absolute Gasteiger partial charge is 0.548 e. The fourth-order valence-corrected chi connectivity index (χ4v) is 5.09. The summed E-state index contributed by atoms with van der Waals surface area (Å²) in [4.78, 5) is 43.6. The van der Waals surface area contributed by atoms with Gasteiger partial charge in [-0.3, -0.25) is 18.9 Å². The van der Waals surface area contributed by atoms with Gasteiger partial charge in [0.05, 0.1) is 23.0 Å². The standard InChI is InChI=1S/C21H15N3O4S3/c1-12-7-8-16-22-18(30-13-5-3-2-4-6-13)14(19(27)23(16)10-12)9-15-20(28)24(11-17(25)26)21(29)31-15/h2-10H,11H2,1H3,(H,25,26)/p-1. The minimum absolute atomic E-state index is 0.0995. The van der Waals surface area contributed by atoms with Crippen molar-refractivity contribution in [2.75, 3.05) is 6.54 Å². The van der Waals surface area contributed by atoms with Gasteiger partial charge in [0.1, 0.15) is 15.0 Å². The van der Waals surface area contributed by atoms with Crippen molar-refractivity contribution < 1.29 is 14.7 Å². The number of aliphatic carboxylic acids is 1. The Morgan fingerprint density at radius 2 is 1.97 bits per heavy atom. The molecule has 3 aromatic rings. The molecule has 0 spiro atoms. The van der Waals surface area contributed by atoms with Crippen LogP contribution in [0.15, 0.2) is 68.3 Å². The molecular weight excluding hydrogens is 454 g/mol. The van der Waals surface area contributed by atoms with Crippen molar-refractivity contribution in [1.82, 2.24) is 14.3 Å². The van der Waals surface area contributed by atoms with Gasteiger partial charge in [0.25, 0.3) is 11.5 Å². The number of pyridine rings is 1. The Bertz CT molecular complexity index is 1320. The zero-order chi connectivity index (χ0) is 22.1. The molecular formula is C21H14N3O4S3-. The van der Waals surface area contributed by atoms with Crippen LogP contribution in [0.1, 0.15) is 11.1 Å². The van der Waals surface area contributed by atoms with Crippen molar-refractivity contribution >= 4 is 63.7 Å². The predicted octanol–water partition coefficient (Wildman–Crippen LogP) is 2.11. The quantitative estimate of drug-likeness (QED) is 0.319. The number of benzene rings is 1. The smallest absolute Gasteiger partial charge is 0.266 e. The fourth-order valence-electron chi connectivity index (χ4n) is 2.94. The number of fused-ring (bicyclic) bond motifs is 1. The summed E-state index contributed by atoms with van der Waals surface area (Å²) in [5.41, 5.74) is 1.25. The topological polar surface area (TPSA) is 94.8 Å². The Hall–Kier alpha value is -2.95. The minimum atomic E-state index is -1.42. The molecule has 1 fully saturated rings.